The van der Waals surface area contributed by atoms with E-state index in [1.807, 2.05) is 13.8 Å². The highest BCUT2D eigenvalue weighted by Crippen LogP contribution is 2.37. The lowest BCUT2D eigenvalue weighted by Gasteiger charge is -2.18. The molecule has 0 bridgehead atoms. The number of rotatable bonds is 5. The smallest absolute Gasteiger partial charge is 0.307 e. The van der Waals surface area contributed by atoms with E-state index in [9.17, 15) is 4.79 Å². The highest BCUT2D eigenvalue weighted by Gasteiger charge is 2.18. The molecule has 17 heavy (non-hydrogen) atoms. The molecule has 1 rings (SSSR count). The van der Waals surface area contributed by atoms with Crippen molar-refractivity contribution in [2.24, 2.45) is 0 Å². The summed E-state index contributed by atoms with van der Waals surface area (Å²) in [5.74, 6) is 0.671. The van der Waals surface area contributed by atoms with Crippen molar-refractivity contribution in [2.75, 3.05) is 14.2 Å². The minimum Gasteiger partial charge on any atom is -0.496 e. The largest absolute Gasteiger partial charge is 0.496 e. The van der Waals surface area contributed by atoms with Gasteiger partial charge in [-0.3, -0.25) is 4.79 Å². The van der Waals surface area contributed by atoms with E-state index in [-0.39, 0.29) is 12.3 Å². The van der Waals surface area contributed by atoms with Crippen molar-refractivity contribution in [3.8, 4) is 11.5 Å². The number of benzene rings is 1. The molecule has 0 unspecified atom stereocenters. The van der Waals surface area contributed by atoms with Gasteiger partial charge in [-0.15, -0.1) is 0 Å². The van der Waals surface area contributed by atoms with Gasteiger partial charge < -0.3 is 14.6 Å². The summed E-state index contributed by atoms with van der Waals surface area (Å²) in [4.78, 5) is 10.8. The molecule has 0 aliphatic heterocycles. The van der Waals surface area contributed by atoms with Crippen LogP contribution in [-0.2, 0) is 11.2 Å². The van der Waals surface area contributed by atoms with Crippen molar-refractivity contribution >= 4 is 5.97 Å². The number of hydrogen-bond donors (Lipinski definition) is 1. The summed E-state index contributed by atoms with van der Waals surface area (Å²) in [6, 6.07) is 3.52. The fourth-order valence-electron chi connectivity index (χ4n) is 1.89. The van der Waals surface area contributed by atoms with Crippen molar-refractivity contribution in [3.63, 3.8) is 0 Å². The molecule has 1 aromatic rings. The van der Waals surface area contributed by atoms with E-state index in [1.165, 1.54) is 0 Å². The molecule has 0 heterocycles. The molecule has 0 radical (unpaired) electrons. The van der Waals surface area contributed by atoms with Crippen molar-refractivity contribution in [3.05, 3.63) is 23.3 Å². The Kier molecular flexibility index (Phi) is 4.37. The first-order chi connectivity index (χ1) is 8.01. The van der Waals surface area contributed by atoms with E-state index in [0.29, 0.717) is 11.3 Å². The maximum Gasteiger partial charge on any atom is 0.307 e. The van der Waals surface area contributed by atoms with Gasteiger partial charge in [-0.1, -0.05) is 19.9 Å². The van der Waals surface area contributed by atoms with E-state index in [2.05, 4.69) is 0 Å². The summed E-state index contributed by atoms with van der Waals surface area (Å²) in [6.07, 6.45) is -0.0487. The van der Waals surface area contributed by atoms with Crippen LogP contribution in [0.3, 0.4) is 0 Å². The third kappa shape index (κ3) is 2.90. The number of hydrogen-bond acceptors (Lipinski definition) is 3. The van der Waals surface area contributed by atoms with Crippen molar-refractivity contribution in [1.82, 2.24) is 0 Å². The van der Waals surface area contributed by atoms with Gasteiger partial charge in [0.15, 0.2) is 0 Å². The molecule has 0 spiro atoms. The molecule has 1 aromatic carbocycles. The Labute approximate surface area is 101 Å². The second kappa shape index (κ2) is 5.57. The maximum absolute atomic E-state index is 10.8. The predicted octanol–water partition coefficient (Wildman–Crippen LogP) is 2.45. The molecule has 0 saturated carbocycles. The van der Waals surface area contributed by atoms with Crippen molar-refractivity contribution in [1.29, 1.82) is 0 Å². The van der Waals surface area contributed by atoms with Gasteiger partial charge in [-0.25, -0.2) is 0 Å². The molecule has 0 saturated heterocycles. The zero-order valence-corrected chi connectivity index (χ0v) is 10.6. The van der Waals surface area contributed by atoms with Crippen molar-refractivity contribution in [2.45, 2.75) is 26.2 Å². The van der Waals surface area contributed by atoms with Gasteiger partial charge in [-0.2, -0.15) is 0 Å². The highest BCUT2D eigenvalue weighted by atomic mass is 16.5. The van der Waals surface area contributed by atoms with E-state index < -0.39 is 5.97 Å². The van der Waals surface area contributed by atoms with Gasteiger partial charge in [-0.05, 0) is 12.0 Å². The third-order valence-electron chi connectivity index (χ3n) is 2.58. The zero-order chi connectivity index (χ0) is 13.0. The Balaban J connectivity index is 3.35. The lowest BCUT2D eigenvalue weighted by Crippen LogP contribution is -2.06. The van der Waals surface area contributed by atoms with Gasteiger partial charge in [0.05, 0.1) is 20.6 Å². The summed E-state index contributed by atoms with van der Waals surface area (Å²) in [5, 5.41) is 8.86. The maximum atomic E-state index is 10.8. The van der Waals surface area contributed by atoms with Crippen LogP contribution in [0.4, 0.5) is 0 Å². The van der Waals surface area contributed by atoms with E-state index >= 15 is 0 Å². The number of ether oxygens (including phenoxy) is 2. The van der Waals surface area contributed by atoms with E-state index in [4.69, 9.17) is 14.6 Å². The molecule has 0 aromatic heterocycles. The number of aliphatic carboxylic acids is 1. The minimum atomic E-state index is -0.872. The van der Waals surface area contributed by atoms with Crippen LogP contribution in [0.1, 0.15) is 30.9 Å². The first-order valence-electron chi connectivity index (χ1n) is 5.46. The standard InChI is InChI=1S/C13H18O4/c1-8(2)12-10(16-3)6-5-9(7-11(14)15)13(12)17-4/h5-6,8H,7H2,1-4H3,(H,14,15). The van der Waals surface area contributed by atoms with Crippen LogP contribution in [0.15, 0.2) is 12.1 Å². The average Bonchev–Trinajstić information content (AvgIpc) is 2.27. The number of carboxylic acids is 1. The molecule has 94 valence electrons. The Morgan fingerprint density at radius 3 is 2.35 bits per heavy atom. The second-order valence-corrected chi connectivity index (χ2v) is 4.10. The van der Waals surface area contributed by atoms with E-state index in [1.54, 1.807) is 26.4 Å². The lowest BCUT2D eigenvalue weighted by molar-refractivity contribution is -0.136. The predicted molar refractivity (Wildman–Crippen MR) is 65.0 cm³/mol. The van der Waals surface area contributed by atoms with Gasteiger partial charge in [0.25, 0.3) is 0 Å². The van der Waals surface area contributed by atoms with Gasteiger partial charge in [0, 0.05) is 11.1 Å². The van der Waals surface area contributed by atoms with Crippen LogP contribution in [0, 0.1) is 0 Å². The molecule has 0 amide bonds. The van der Waals surface area contributed by atoms with Crippen LogP contribution in [0.5, 0.6) is 11.5 Å². The van der Waals surface area contributed by atoms with Crippen LogP contribution < -0.4 is 9.47 Å². The molecular formula is C13H18O4. The van der Waals surface area contributed by atoms with Gasteiger partial charge in [0.2, 0.25) is 0 Å². The van der Waals surface area contributed by atoms with Gasteiger partial charge >= 0.3 is 5.97 Å². The van der Waals surface area contributed by atoms with Crippen LogP contribution in [-0.4, -0.2) is 25.3 Å². The summed E-state index contributed by atoms with van der Waals surface area (Å²) >= 11 is 0. The molecule has 0 aliphatic rings. The van der Waals surface area contributed by atoms with Crippen LogP contribution in [0.2, 0.25) is 0 Å². The number of carboxylic acid groups (broad SMARTS) is 1. The first kappa shape index (κ1) is 13.4. The topological polar surface area (TPSA) is 55.8 Å². The fourth-order valence-corrected chi connectivity index (χ4v) is 1.89. The minimum absolute atomic E-state index is 0.0487. The second-order valence-electron chi connectivity index (χ2n) is 4.10. The summed E-state index contributed by atoms with van der Waals surface area (Å²) in [5.41, 5.74) is 1.58. The molecule has 4 heteroatoms. The molecule has 4 nitrogen and oxygen atoms in total. The first-order valence-corrected chi connectivity index (χ1v) is 5.46. The molecular weight excluding hydrogens is 220 g/mol. The Bertz CT molecular complexity index is 410. The van der Waals surface area contributed by atoms with Crippen LogP contribution >= 0.6 is 0 Å². The Morgan fingerprint density at radius 1 is 1.29 bits per heavy atom. The van der Waals surface area contributed by atoms with Crippen LogP contribution in [0.25, 0.3) is 0 Å². The molecule has 1 N–H and O–H groups in total. The molecule has 0 atom stereocenters. The monoisotopic (exact) mass is 238 g/mol. The molecule has 0 aliphatic carbocycles. The number of methoxy groups -OCH3 is 2. The zero-order valence-electron chi connectivity index (χ0n) is 10.6. The summed E-state index contributed by atoms with van der Waals surface area (Å²) < 4.78 is 10.6. The summed E-state index contributed by atoms with van der Waals surface area (Å²) in [6.45, 7) is 4.04. The van der Waals surface area contributed by atoms with Gasteiger partial charge in [0.1, 0.15) is 11.5 Å². The van der Waals surface area contributed by atoms with E-state index in [0.717, 1.165) is 11.3 Å². The SMILES string of the molecule is COc1ccc(CC(=O)O)c(OC)c1C(C)C. The highest BCUT2D eigenvalue weighted by molar-refractivity contribution is 5.72. The molecule has 0 fully saturated rings. The number of carbonyl (C=O) groups is 1. The lowest BCUT2D eigenvalue weighted by atomic mass is 9.96. The Morgan fingerprint density at radius 2 is 1.94 bits per heavy atom. The summed E-state index contributed by atoms with van der Waals surface area (Å²) in [7, 11) is 3.14. The quantitative estimate of drug-likeness (QED) is 0.856. The van der Waals surface area contributed by atoms with Crippen molar-refractivity contribution < 1.29 is 19.4 Å². The fraction of sp³-hybridized carbons (Fsp3) is 0.462. The Hall–Kier alpha value is -1.71. The third-order valence-corrected chi connectivity index (χ3v) is 2.58. The normalized spacial score (nSPS) is 10.4. The average molecular weight is 238 g/mol.